The number of rotatable bonds is 3. The van der Waals surface area contributed by atoms with Crippen LogP contribution in [0.5, 0.6) is 11.5 Å². The van der Waals surface area contributed by atoms with E-state index >= 15 is 0 Å². The number of methoxy groups -OCH3 is 1. The molecule has 2 rings (SSSR count). The molecule has 1 N–H and O–H groups in total. The Balaban J connectivity index is 2.47. The molecule has 0 bridgehead atoms. The number of hydrogen-bond donors (Lipinski definition) is 1. The lowest BCUT2D eigenvalue weighted by molar-refractivity contribution is -0.122. The summed E-state index contributed by atoms with van der Waals surface area (Å²) in [5, 5.41) is 10.3. The highest BCUT2D eigenvalue weighted by molar-refractivity contribution is 9.10. The molecule has 1 saturated heterocycles. The van der Waals surface area contributed by atoms with Gasteiger partial charge in [0.05, 0.1) is 11.6 Å². The number of phenolic OH excluding ortho intramolecular Hbond substituents is 1. The fourth-order valence-electron chi connectivity index (χ4n) is 2.08. The summed E-state index contributed by atoms with van der Waals surface area (Å²) in [4.78, 5) is 15.5. The van der Waals surface area contributed by atoms with Crippen LogP contribution in [-0.4, -0.2) is 46.6 Å². The Morgan fingerprint density at radius 3 is 2.67 bits per heavy atom. The molecular formula is C14H15BrN2O3S. The van der Waals surface area contributed by atoms with Crippen molar-refractivity contribution in [1.82, 2.24) is 9.80 Å². The molecule has 1 aromatic carbocycles. The summed E-state index contributed by atoms with van der Waals surface area (Å²) in [6.45, 7) is 2.41. The molecule has 0 atom stereocenters. The number of carbonyl (C=O) groups is 1. The molecule has 0 aromatic heterocycles. The van der Waals surface area contributed by atoms with Crippen LogP contribution in [0.1, 0.15) is 12.5 Å². The van der Waals surface area contributed by atoms with Crippen LogP contribution in [-0.2, 0) is 4.79 Å². The van der Waals surface area contributed by atoms with Gasteiger partial charge in [0.2, 0.25) is 0 Å². The van der Waals surface area contributed by atoms with Crippen molar-refractivity contribution < 1.29 is 14.6 Å². The summed E-state index contributed by atoms with van der Waals surface area (Å²) in [7, 11) is 3.23. The Bertz CT molecular complexity index is 645. The minimum Gasteiger partial charge on any atom is -0.503 e. The number of aromatic hydroxyl groups is 1. The first kappa shape index (κ1) is 15.8. The maximum Gasteiger partial charge on any atom is 0.276 e. The summed E-state index contributed by atoms with van der Waals surface area (Å²) in [5.41, 5.74) is 1.22. The molecule has 7 heteroatoms. The molecule has 1 aliphatic heterocycles. The predicted molar refractivity (Wildman–Crippen MR) is 88.1 cm³/mol. The Labute approximate surface area is 136 Å². The smallest absolute Gasteiger partial charge is 0.276 e. The minimum atomic E-state index is -0.131. The number of phenols is 1. The summed E-state index contributed by atoms with van der Waals surface area (Å²) in [5.74, 6) is 0.226. The number of halogens is 1. The molecule has 1 fully saturated rings. The summed E-state index contributed by atoms with van der Waals surface area (Å²) in [6, 6.07) is 3.37. The van der Waals surface area contributed by atoms with Gasteiger partial charge < -0.3 is 14.7 Å². The average molecular weight is 371 g/mol. The van der Waals surface area contributed by atoms with Gasteiger partial charge in [0.1, 0.15) is 5.70 Å². The molecule has 1 heterocycles. The Morgan fingerprint density at radius 1 is 1.48 bits per heavy atom. The van der Waals surface area contributed by atoms with Crippen LogP contribution in [0.25, 0.3) is 6.08 Å². The maximum atomic E-state index is 12.3. The molecule has 0 aliphatic carbocycles. The first-order chi connectivity index (χ1) is 9.90. The molecule has 21 heavy (non-hydrogen) atoms. The van der Waals surface area contributed by atoms with Crippen molar-refractivity contribution >= 4 is 45.2 Å². The molecule has 5 nitrogen and oxygen atoms in total. The van der Waals surface area contributed by atoms with Crippen LogP contribution >= 0.6 is 28.1 Å². The van der Waals surface area contributed by atoms with Gasteiger partial charge in [-0.25, -0.2) is 0 Å². The SMILES string of the molecule is CCN1C(=O)/C(=C/c2cc(Br)c(O)c(OC)c2)N(C)C1=S. The van der Waals surface area contributed by atoms with E-state index in [1.165, 1.54) is 12.0 Å². The quantitative estimate of drug-likeness (QED) is 0.654. The second-order valence-electron chi connectivity index (χ2n) is 4.47. The third-order valence-electron chi connectivity index (χ3n) is 3.23. The van der Waals surface area contributed by atoms with Gasteiger partial charge in [0.15, 0.2) is 16.6 Å². The fourth-order valence-corrected chi connectivity index (χ4v) is 2.85. The number of carbonyl (C=O) groups excluding carboxylic acids is 1. The first-order valence-corrected chi connectivity index (χ1v) is 7.48. The lowest BCUT2D eigenvalue weighted by Gasteiger charge is -2.13. The lowest BCUT2D eigenvalue weighted by Crippen LogP contribution is -2.30. The summed E-state index contributed by atoms with van der Waals surface area (Å²) in [6.07, 6.45) is 1.72. The predicted octanol–water partition coefficient (Wildman–Crippen LogP) is 2.58. The normalized spacial score (nSPS) is 17.0. The van der Waals surface area contributed by atoms with Gasteiger partial charge in [0.25, 0.3) is 5.91 Å². The number of thiocarbonyl (C=S) groups is 1. The third-order valence-corrected chi connectivity index (χ3v) is 4.33. The van der Waals surface area contributed by atoms with Crippen molar-refractivity contribution in [3.05, 3.63) is 27.9 Å². The van der Waals surface area contributed by atoms with Crippen LogP contribution < -0.4 is 4.74 Å². The highest BCUT2D eigenvalue weighted by Crippen LogP contribution is 2.36. The lowest BCUT2D eigenvalue weighted by atomic mass is 10.1. The Morgan fingerprint density at radius 2 is 2.14 bits per heavy atom. The Hall–Kier alpha value is -1.60. The van der Waals surface area contributed by atoms with Gasteiger partial charge in [-0.15, -0.1) is 0 Å². The molecule has 0 unspecified atom stereocenters. The van der Waals surface area contributed by atoms with Crippen LogP contribution in [0.2, 0.25) is 0 Å². The summed E-state index contributed by atoms with van der Waals surface area (Å²) < 4.78 is 5.60. The summed E-state index contributed by atoms with van der Waals surface area (Å²) >= 11 is 8.50. The van der Waals surface area contributed by atoms with Gasteiger partial charge in [-0.3, -0.25) is 9.69 Å². The number of likely N-dealkylation sites (N-methyl/N-ethyl adjacent to an activating group) is 2. The van der Waals surface area contributed by atoms with E-state index in [1.807, 2.05) is 6.92 Å². The second-order valence-corrected chi connectivity index (χ2v) is 5.69. The van der Waals surface area contributed by atoms with Gasteiger partial charge in [-0.05, 0) is 58.8 Å². The first-order valence-electron chi connectivity index (χ1n) is 6.28. The van der Waals surface area contributed by atoms with E-state index in [2.05, 4.69) is 15.9 Å². The number of ether oxygens (including phenoxy) is 1. The van der Waals surface area contributed by atoms with Crippen LogP contribution in [0.3, 0.4) is 0 Å². The largest absolute Gasteiger partial charge is 0.503 e. The molecule has 1 aliphatic rings. The number of benzene rings is 1. The topological polar surface area (TPSA) is 53.0 Å². The standard InChI is InChI=1S/C14H15BrN2O3S/c1-4-17-13(19)10(16(2)14(17)21)6-8-5-9(15)12(18)11(7-8)20-3/h5-7,18H,4H2,1-3H3/b10-6-. The average Bonchev–Trinajstić information content (AvgIpc) is 2.66. The molecule has 112 valence electrons. The van der Waals surface area contributed by atoms with E-state index in [0.717, 1.165) is 5.56 Å². The van der Waals surface area contributed by atoms with Crippen molar-refractivity contribution in [3.8, 4) is 11.5 Å². The maximum absolute atomic E-state index is 12.3. The van der Waals surface area contributed by atoms with Gasteiger partial charge in [0, 0.05) is 13.6 Å². The molecular weight excluding hydrogens is 356 g/mol. The number of amides is 1. The second kappa shape index (κ2) is 6.03. The van der Waals surface area contributed by atoms with Crippen LogP contribution in [0, 0.1) is 0 Å². The van der Waals surface area contributed by atoms with Crippen molar-refractivity contribution in [2.24, 2.45) is 0 Å². The zero-order valence-corrected chi connectivity index (χ0v) is 14.3. The van der Waals surface area contributed by atoms with E-state index in [1.54, 1.807) is 30.2 Å². The molecule has 1 amide bonds. The van der Waals surface area contributed by atoms with Crippen molar-refractivity contribution in [2.75, 3.05) is 20.7 Å². The van der Waals surface area contributed by atoms with Gasteiger partial charge in [-0.1, -0.05) is 0 Å². The third kappa shape index (κ3) is 2.75. The number of nitrogens with zero attached hydrogens (tertiary/aromatic N) is 2. The fraction of sp³-hybridized carbons (Fsp3) is 0.286. The Kier molecular flexibility index (Phi) is 4.53. The molecule has 0 saturated carbocycles. The zero-order chi connectivity index (χ0) is 15.7. The van der Waals surface area contributed by atoms with E-state index in [4.69, 9.17) is 17.0 Å². The minimum absolute atomic E-state index is 0.0245. The van der Waals surface area contributed by atoms with Crippen LogP contribution in [0.4, 0.5) is 0 Å². The van der Waals surface area contributed by atoms with E-state index in [0.29, 0.717) is 27.6 Å². The van der Waals surface area contributed by atoms with Crippen LogP contribution in [0.15, 0.2) is 22.3 Å². The van der Waals surface area contributed by atoms with E-state index < -0.39 is 0 Å². The monoisotopic (exact) mass is 370 g/mol. The number of hydrogen-bond acceptors (Lipinski definition) is 4. The van der Waals surface area contributed by atoms with Crippen molar-refractivity contribution in [2.45, 2.75) is 6.92 Å². The van der Waals surface area contributed by atoms with Gasteiger partial charge >= 0.3 is 0 Å². The molecule has 1 aromatic rings. The van der Waals surface area contributed by atoms with Crippen molar-refractivity contribution in [1.29, 1.82) is 0 Å². The molecule has 0 radical (unpaired) electrons. The highest BCUT2D eigenvalue weighted by Gasteiger charge is 2.34. The van der Waals surface area contributed by atoms with E-state index in [-0.39, 0.29) is 11.7 Å². The highest BCUT2D eigenvalue weighted by atomic mass is 79.9. The zero-order valence-electron chi connectivity index (χ0n) is 11.9. The van der Waals surface area contributed by atoms with E-state index in [9.17, 15) is 9.90 Å². The van der Waals surface area contributed by atoms with Crippen molar-refractivity contribution in [3.63, 3.8) is 0 Å². The molecule has 0 spiro atoms. The van der Waals surface area contributed by atoms with Gasteiger partial charge in [-0.2, -0.15) is 0 Å².